The van der Waals surface area contributed by atoms with Gasteiger partial charge in [0.15, 0.2) is 0 Å². The van der Waals surface area contributed by atoms with Crippen molar-refractivity contribution in [2.75, 3.05) is 6.61 Å². The van der Waals surface area contributed by atoms with Gasteiger partial charge in [-0.1, -0.05) is 231 Å². The highest BCUT2D eigenvalue weighted by molar-refractivity contribution is 5.77. The Kier molecular flexibility index (Phi) is 49.5. The molecule has 1 amide bonds. The first-order valence-electron chi connectivity index (χ1n) is 27.7. The van der Waals surface area contributed by atoms with E-state index in [1.165, 1.54) is 167 Å². The number of unbranched alkanes of at least 4 members (excludes halogenated alkanes) is 32. The number of hydrogen-bond acceptors (Lipinski definition) is 5. The summed E-state index contributed by atoms with van der Waals surface area (Å²) in [5.41, 5.74) is 0. The topological polar surface area (TPSA) is 95.9 Å². The monoisotopic (exact) mass is 886 g/mol. The van der Waals surface area contributed by atoms with Crippen LogP contribution >= 0.6 is 0 Å². The van der Waals surface area contributed by atoms with Crippen molar-refractivity contribution in [3.05, 3.63) is 36.5 Å². The maximum absolute atomic E-state index is 13.2. The third-order valence-electron chi connectivity index (χ3n) is 12.7. The summed E-state index contributed by atoms with van der Waals surface area (Å²) in [5, 5.41) is 23.8. The first-order valence-corrected chi connectivity index (χ1v) is 27.7. The fourth-order valence-corrected chi connectivity index (χ4v) is 8.46. The molecule has 0 aromatic carbocycles. The van der Waals surface area contributed by atoms with Gasteiger partial charge in [0.25, 0.3) is 0 Å². The molecular weight excluding hydrogens is 779 g/mol. The van der Waals surface area contributed by atoms with E-state index in [4.69, 9.17) is 4.74 Å². The zero-order valence-corrected chi connectivity index (χ0v) is 42.2. The van der Waals surface area contributed by atoms with E-state index < -0.39 is 18.2 Å². The Labute approximate surface area is 392 Å². The van der Waals surface area contributed by atoms with Crippen molar-refractivity contribution < 1.29 is 24.5 Å². The van der Waals surface area contributed by atoms with E-state index in [0.717, 1.165) is 77.0 Å². The lowest BCUT2D eigenvalue weighted by Crippen LogP contribution is -2.46. The minimum absolute atomic E-state index is 0.0675. The number of ether oxygens (including phenoxy) is 1. The molecule has 0 aromatic heterocycles. The Bertz CT molecular complexity index is 1040. The summed E-state index contributed by atoms with van der Waals surface area (Å²) in [4.78, 5) is 26.2. The number of aliphatic hydroxyl groups excluding tert-OH is 2. The molecular formula is C57H107NO5. The van der Waals surface area contributed by atoms with Crippen LogP contribution in [0.4, 0.5) is 0 Å². The van der Waals surface area contributed by atoms with Crippen molar-refractivity contribution in [1.29, 1.82) is 0 Å². The van der Waals surface area contributed by atoms with Gasteiger partial charge in [-0.15, -0.1) is 0 Å². The lowest BCUT2D eigenvalue weighted by molar-refractivity contribution is -0.151. The average Bonchev–Trinajstić information content (AvgIpc) is 3.28. The van der Waals surface area contributed by atoms with Gasteiger partial charge in [-0.3, -0.25) is 9.59 Å². The number of aliphatic hydroxyl groups is 2. The molecule has 6 nitrogen and oxygen atoms in total. The fraction of sp³-hybridized carbons (Fsp3) is 0.860. The second-order valence-corrected chi connectivity index (χ2v) is 19.0. The predicted molar refractivity (Wildman–Crippen MR) is 273 cm³/mol. The summed E-state index contributed by atoms with van der Waals surface area (Å²) in [5.74, 6) is -0.486. The molecule has 0 saturated heterocycles. The van der Waals surface area contributed by atoms with Gasteiger partial charge < -0.3 is 20.3 Å². The van der Waals surface area contributed by atoms with Crippen LogP contribution < -0.4 is 5.32 Å². The number of hydrogen-bond donors (Lipinski definition) is 3. The van der Waals surface area contributed by atoms with Crippen LogP contribution in [0.15, 0.2) is 36.5 Å². The number of esters is 1. The second-order valence-electron chi connectivity index (χ2n) is 19.0. The summed E-state index contributed by atoms with van der Waals surface area (Å²) >= 11 is 0. The van der Waals surface area contributed by atoms with Crippen LogP contribution in [0.5, 0.6) is 0 Å². The van der Waals surface area contributed by atoms with E-state index in [2.05, 4.69) is 62.5 Å². The van der Waals surface area contributed by atoms with Crippen LogP contribution in [0.3, 0.4) is 0 Å². The highest BCUT2D eigenvalue weighted by atomic mass is 16.5. The molecule has 0 saturated carbocycles. The summed E-state index contributed by atoms with van der Waals surface area (Å²) < 4.78 is 5.94. The molecule has 0 spiro atoms. The van der Waals surface area contributed by atoms with Crippen molar-refractivity contribution in [3.63, 3.8) is 0 Å². The van der Waals surface area contributed by atoms with Crippen molar-refractivity contribution in [3.8, 4) is 0 Å². The number of carbonyl (C=O) groups is 2. The number of nitrogens with one attached hydrogen (secondary N) is 1. The molecule has 3 N–H and O–H groups in total. The average molecular weight is 886 g/mol. The number of allylic oxidation sites excluding steroid dienone is 6. The number of carbonyl (C=O) groups excluding carboxylic acids is 2. The van der Waals surface area contributed by atoms with Crippen LogP contribution in [-0.2, 0) is 14.3 Å². The van der Waals surface area contributed by atoms with Gasteiger partial charge in [0.1, 0.15) is 6.10 Å². The van der Waals surface area contributed by atoms with Crippen molar-refractivity contribution in [2.24, 2.45) is 0 Å². The molecule has 0 bridgehead atoms. The van der Waals surface area contributed by atoms with Crippen molar-refractivity contribution in [2.45, 2.75) is 309 Å². The van der Waals surface area contributed by atoms with Gasteiger partial charge in [-0.25, -0.2) is 0 Å². The molecule has 0 heterocycles. The Hall–Kier alpha value is -1.92. The van der Waals surface area contributed by atoms with E-state index in [-0.39, 0.29) is 24.9 Å². The highest BCUT2D eigenvalue weighted by Crippen LogP contribution is 2.18. The van der Waals surface area contributed by atoms with E-state index in [1.807, 2.05) is 0 Å². The Morgan fingerprint density at radius 3 is 1.25 bits per heavy atom. The van der Waals surface area contributed by atoms with Crippen LogP contribution in [-0.4, -0.2) is 46.9 Å². The van der Waals surface area contributed by atoms with Crippen LogP contribution in [0.25, 0.3) is 0 Å². The maximum Gasteiger partial charge on any atom is 0.306 e. The van der Waals surface area contributed by atoms with Crippen LogP contribution in [0, 0.1) is 0 Å². The molecule has 0 radical (unpaired) electrons. The first kappa shape index (κ1) is 61.1. The third-order valence-corrected chi connectivity index (χ3v) is 12.7. The first-order chi connectivity index (χ1) is 31.0. The van der Waals surface area contributed by atoms with Gasteiger partial charge >= 0.3 is 5.97 Å². The third kappa shape index (κ3) is 46.4. The SMILES string of the molecule is CCCCC/C=C\C/C=C\CCCCCCCC(CC(=O)NC(CO)C(O)CCCCCCCCCCCCCCC)OC(=O)CCCCCCC/C=C/CCCCCCCCC. The van der Waals surface area contributed by atoms with Crippen LogP contribution in [0.1, 0.15) is 290 Å². The van der Waals surface area contributed by atoms with Gasteiger partial charge in [-0.05, 0) is 83.5 Å². The molecule has 0 aliphatic carbocycles. The normalized spacial score (nSPS) is 13.4. The molecule has 0 aromatic rings. The Balaban J connectivity index is 4.59. The lowest BCUT2D eigenvalue weighted by atomic mass is 10.0. The summed E-state index contributed by atoms with van der Waals surface area (Å²) in [7, 11) is 0. The van der Waals surface area contributed by atoms with Gasteiger partial charge in [0.2, 0.25) is 5.91 Å². The summed E-state index contributed by atoms with van der Waals surface area (Å²) in [6.07, 6.45) is 60.6. The molecule has 0 aliphatic heterocycles. The van der Waals surface area contributed by atoms with Crippen molar-refractivity contribution in [1.82, 2.24) is 5.32 Å². The molecule has 3 atom stereocenters. The maximum atomic E-state index is 13.2. The minimum Gasteiger partial charge on any atom is -0.462 e. The zero-order valence-electron chi connectivity index (χ0n) is 42.2. The summed E-state index contributed by atoms with van der Waals surface area (Å²) in [6.45, 7) is 6.47. The smallest absolute Gasteiger partial charge is 0.306 e. The highest BCUT2D eigenvalue weighted by Gasteiger charge is 2.24. The van der Waals surface area contributed by atoms with E-state index in [9.17, 15) is 19.8 Å². The predicted octanol–water partition coefficient (Wildman–Crippen LogP) is 16.8. The van der Waals surface area contributed by atoms with Crippen LogP contribution in [0.2, 0.25) is 0 Å². The number of amides is 1. The Morgan fingerprint density at radius 1 is 0.460 bits per heavy atom. The van der Waals surface area contributed by atoms with E-state index >= 15 is 0 Å². The summed E-state index contributed by atoms with van der Waals surface area (Å²) in [6, 6.07) is -0.706. The lowest BCUT2D eigenvalue weighted by Gasteiger charge is -2.24. The zero-order chi connectivity index (χ0) is 45.9. The molecule has 370 valence electrons. The molecule has 0 aliphatic rings. The second kappa shape index (κ2) is 51.1. The van der Waals surface area contributed by atoms with E-state index in [1.54, 1.807) is 0 Å². The largest absolute Gasteiger partial charge is 0.462 e. The van der Waals surface area contributed by atoms with Gasteiger partial charge in [0, 0.05) is 6.42 Å². The fourth-order valence-electron chi connectivity index (χ4n) is 8.46. The van der Waals surface area contributed by atoms with Gasteiger partial charge in [0.05, 0.1) is 25.2 Å². The van der Waals surface area contributed by atoms with Gasteiger partial charge in [-0.2, -0.15) is 0 Å². The Morgan fingerprint density at radius 2 is 0.810 bits per heavy atom. The molecule has 63 heavy (non-hydrogen) atoms. The molecule has 0 rings (SSSR count). The standard InChI is InChI=1S/C57H107NO5/c1-4-7-10-13-16-19-22-25-27-29-32-35-38-41-44-47-50-57(62)63-53(48-45-42-39-36-33-31-28-26-23-20-17-14-11-8-5-2)51-56(61)58-54(52-59)55(60)49-46-43-40-37-34-30-24-21-18-15-12-9-6-3/h17,20,26-29,53-55,59-60H,4-16,18-19,21-25,30-52H2,1-3H3,(H,58,61)/b20-17-,28-26-,29-27+. The minimum atomic E-state index is -0.791. The van der Waals surface area contributed by atoms with Crippen molar-refractivity contribution >= 4 is 11.9 Å². The molecule has 3 unspecified atom stereocenters. The number of rotatable bonds is 50. The molecule has 0 fully saturated rings. The molecule has 6 heteroatoms. The quantitative estimate of drug-likeness (QED) is 0.0321. The van der Waals surface area contributed by atoms with E-state index in [0.29, 0.717) is 19.3 Å².